The SMILES string of the molecule is O=C(NCCS(=O)(=O)Nc1ccccc1)Nc1cccc(Cl)c1. The molecule has 3 N–H and O–H groups in total. The highest BCUT2D eigenvalue weighted by atomic mass is 35.5. The summed E-state index contributed by atoms with van der Waals surface area (Å²) in [6, 6.07) is 14.7. The van der Waals surface area contributed by atoms with Crippen molar-refractivity contribution in [1.82, 2.24) is 5.32 Å². The number of hydrogen-bond acceptors (Lipinski definition) is 3. The van der Waals surface area contributed by atoms with Crippen LogP contribution >= 0.6 is 11.6 Å². The van der Waals surface area contributed by atoms with E-state index in [1.165, 1.54) is 0 Å². The Morgan fingerprint density at radius 1 is 1.00 bits per heavy atom. The molecule has 0 aliphatic carbocycles. The zero-order chi connectivity index (χ0) is 16.7. The zero-order valence-corrected chi connectivity index (χ0v) is 13.7. The molecule has 0 aliphatic rings. The molecule has 0 bridgehead atoms. The van der Waals surface area contributed by atoms with Crippen molar-refractivity contribution in [3.05, 3.63) is 59.6 Å². The molecule has 8 heteroatoms. The number of nitrogens with one attached hydrogen (secondary N) is 3. The van der Waals surface area contributed by atoms with Gasteiger partial charge in [-0.1, -0.05) is 35.9 Å². The number of para-hydroxylation sites is 1. The molecule has 0 fully saturated rings. The Bertz CT molecular complexity index is 767. The Labute approximate surface area is 139 Å². The Kier molecular flexibility index (Phi) is 5.84. The minimum atomic E-state index is -3.52. The summed E-state index contributed by atoms with van der Waals surface area (Å²) in [6.45, 7) is -0.0193. The number of halogens is 1. The molecule has 0 saturated heterocycles. The largest absolute Gasteiger partial charge is 0.337 e. The summed E-state index contributed by atoms with van der Waals surface area (Å²) in [5, 5.41) is 5.55. The Hall–Kier alpha value is -2.25. The summed E-state index contributed by atoms with van der Waals surface area (Å²) in [6.07, 6.45) is 0. The highest BCUT2D eigenvalue weighted by Gasteiger charge is 2.11. The minimum absolute atomic E-state index is 0.0193. The normalized spacial score (nSPS) is 10.8. The maximum Gasteiger partial charge on any atom is 0.319 e. The van der Waals surface area contributed by atoms with Gasteiger partial charge in [-0.15, -0.1) is 0 Å². The summed E-state index contributed by atoms with van der Waals surface area (Å²) < 4.78 is 26.2. The lowest BCUT2D eigenvalue weighted by molar-refractivity contribution is 0.252. The number of carbonyl (C=O) groups excluding carboxylic acids is 1. The van der Waals surface area contributed by atoms with Crippen LogP contribution in [-0.2, 0) is 10.0 Å². The lowest BCUT2D eigenvalue weighted by Gasteiger charge is -2.10. The van der Waals surface area contributed by atoms with Crippen molar-refractivity contribution in [2.24, 2.45) is 0 Å². The summed E-state index contributed by atoms with van der Waals surface area (Å²) in [5.74, 6) is -0.231. The molecule has 0 atom stereocenters. The van der Waals surface area contributed by atoms with Crippen molar-refractivity contribution in [3.8, 4) is 0 Å². The molecule has 0 radical (unpaired) electrons. The van der Waals surface area contributed by atoms with Crippen LogP contribution in [0.3, 0.4) is 0 Å². The molecule has 0 aromatic heterocycles. The van der Waals surface area contributed by atoms with Crippen molar-refractivity contribution in [1.29, 1.82) is 0 Å². The van der Waals surface area contributed by atoms with E-state index in [9.17, 15) is 13.2 Å². The summed E-state index contributed by atoms with van der Waals surface area (Å²) in [7, 11) is -3.52. The molecule has 2 aromatic carbocycles. The molecule has 0 heterocycles. The Morgan fingerprint density at radius 3 is 2.39 bits per heavy atom. The number of amides is 2. The van der Waals surface area contributed by atoms with E-state index >= 15 is 0 Å². The van der Waals surface area contributed by atoms with Gasteiger partial charge >= 0.3 is 6.03 Å². The molecule has 23 heavy (non-hydrogen) atoms. The Balaban J connectivity index is 1.78. The van der Waals surface area contributed by atoms with Gasteiger partial charge in [0, 0.05) is 22.9 Å². The average molecular weight is 354 g/mol. The van der Waals surface area contributed by atoms with Crippen LogP contribution in [0, 0.1) is 0 Å². The van der Waals surface area contributed by atoms with Gasteiger partial charge in [-0.05, 0) is 30.3 Å². The number of urea groups is 1. The van der Waals surface area contributed by atoms with Crippen LogP contribution in [0.1, 0.15) is 0 Å². The smallest absolute Gasteiger partial charge is 0.319 e. The molecule has 6 nitrogen and oxygen atoms in total. The second kappa shape index (κ2) is 7.85. The van der Waals surface area contributed by atoms with Gasteiger partial charge in [0.2, 0.25) is 10.0 Å². The van der Waals surface area contributed by atoms with E-state index in [0.717, 1.165) is 0 Å². The third-order valence-electron chi connectivity index (χ3n) is 2.79. The highest BCUT2D eigenvalue weighted by molar-refractivity contribution is 7.92. The van der Waals surface area contributed by atoms with Crippen LogP contribution in [0.4, 0.5) is 16.2 Å². The van der Waals surface area contributed by atoms with Gasteiger partial charge in [-0.25, -0.2) is 13.2 Å². The molecule has 122 valence electrons. The van der Waals surface area contributed by atoms with Gasteiger partial charge in [0.15, 0.2) is 0 Å². The second-order valence-electron chi connectivity index (χ2n) is 4.68. The number of carbonyl (C=O) groups is 1. The molecule has 2 amide bonds. The van der Waals surface area contributed by atoms with Gasteiger partial charge in [0.1, 0.15) is 0 Å². The first-order valence-corrected chi connectivity index (χ1v) is 8.84. The van der Waals surface area contributed by atoms with E-state index in [0.29, 0.717) is 16.4 Å². The fourth-order valence-electron chi connectivity index (χ4n) is 1.78. The summed E-state index contributed by atoms with van der Waals surface area (Å²) in [4.78, 5) is 11.7. The van der Waals surface area contributed by atoms with Gasteiger partial charge in [0.05, 0.1) is 5.75 Å². The van der Waals surface area contributed by atoms with Crippen molar-refractivity contribution in [2.75, 3.05) is 22.3 Å². The number of anilines is 2. The van der Waals surface area contributed by atoms with Crippen LogP contribution in [0.15, 0.2) is 54.6 Å². The maximum atomic E-state index is 11.9. The number of sulfonamides is 1. The fourth-order valence-corrected chi connectivity index (χ4v) is 2.94. The van der Waals surface area contributed by atoms with E-state index < -0.39 is 16.1 Å². The molecular formula is C15H16ClN3O3S. The lowest BCUT2D eigenvalue weighted by Crippen LogP contribution is -2.34. The quantitative estimate of drug-likeness (QED) is 0.746. The standard InChI is InChI=1S/C15H16ClN3O3S/c16-12-5-4-8-14(11-12)18-15(20)17-9-10-23(21,22)19-13-6-2-1-3-7-13/h1-8,11,19H,9-10H2,(H2,17,18,20). The van der Waals surface area contributed by atoms with Crippen LogP contribution in [0.25, 0.3) is 0 Å². The number of rotatable bonds is 6. The van der Waals surface area contributed by atoms with Gasteiger partial charge in [-0.3, -0.25) is 4.72 Å². The topological polar surface area (TPSA) is 87.3 Å². The molecule has 2 rings (SSSR count). The van der Waals surface area contributed by atoms with Crippen LogP contribution < -0.4 is 15.4 Å². The highest BCUT2D eigenvalue weighted by Crippen LogP contribution is 2.14. The Morgan fingerprint density at radius 2 is 1.70 bits per heavy atom. The first-order chi connectivity index (χ1) is 10.9. The van der Waals surface area contributed by atoms with Crippen molar-refractivity contribution < 1.29 is 13.2 Å². The van der Waals surface area contributed by atoms with E-state index in [1.54, 1.807) is 54.6 Å². The van der Waals surface area contributed by atoms with Crippen LogP contribution in [0.2, 0.25) is 5.02 Å². The predicted octanol–water partition coefficient (Wildman–Crippen LogP) is 2.90. The molecule has 0 unspecified atom stereocenters. The first-order valence-electron chi connectivity index (χ1n) is 6.80. The second-order valence-corrected chi connectivity index (χ2v) is 6.96. The number of hydrogen-bond donors (Lipinski definition) is 3. The first kappa shape index (κ1) is 17.1. The van der Waals surface area contributed by atoms with Crippen LogP contribution in [-0.4, -0.2) is 26.7 Å². The van der Waals surface area contributed by atoms with Gasteiger partial charge in [-0.2, -0.15) is 0 Å². The third kappa shape index (κ3) is 6.17. The van der Waals surface area contributed by atoms with Crippen molar-refractivity contribution in [3.63, 3.8) is 0 Å². The molecule has 2 aromatic rings. The summed E-state index contributed by atoms with van der Waals surface area (Å²) >= 11 is 5.81. The van der Waals surface area contributed by atoms with E-state index in [2.05, 4.69) is 15.4 Å². The van der Waals surface area contributed by atoms with Gasteiger partial charge < -0.3 is 10.6 Å². The van der Waals surface area contributed by atoms with Crippen LogP contribution in [0.5, 0.6) is 0 Å². The van der Waals surface area contributed by atoms with Crippen molar-refractivity contribution >= 4 is 39.0 Å². The molecular weight excluding hydrogens is 338 g/mol. The third-order valence-corrected chi connectivity index (χ3v) is 4.31. The minimum Gasteiger partial charge on any atom is -0.337 e. The summed E-state index contributed by atoms with van der Waals surface area (Å²) in [5.41, 5.74) is 1.01. The maximum absolute atomic E-state index is 11.9. The van der Waals surface area contributed by atoms with E-state index in [4.69, 9.17) is 11.6 Å². The molecule has 0 spiro atoms. The number of benzene rings is 2. The van der Waals surface area contributed by atoms with E-state index in [1.807, 2.05) is 0 Å². The predicted molar refractivity (Wildman–Crippen MR) is 92.3 cm³/mol. The van der Waals surface area contributed by atoms with Gasteiger partial charge in [0.25, 0.3) is 0 Å². The molecule has 0 saturated carbocycles. The zero-order valence-electron chi connectivity index (χ0n) is 12.1. The average Bonchev–Trinajstić information content (AvgIpc) is 2.47. The van der Waals surface area contributed by atoms with E-state index in [-0.39, 0.29) is 12.3 Å². The van der Waals surface area contributed by atoms with Crippen molar-refractivity contribution in [2.45, 2.75) is 0 Å². The molecule has 0 aliphatic heterocycles. The fraction of sp³-hybridized carbons (Fsp3) is 0.133. The lowest BCUT2D eigenvalue weighted by atomic mass is 10.3. The monoisotopic (exact) mass is 353 g/mol.